The van der Waals surface area contributed by atoms with Gasteiger partial charge in [0.25, 0.3) is 0 Å². The molecule has 2 aromatic carbocycles. The second kappa shape index (κ2) is 13.7. The van der Waals surface area contributed by atoms with Gasteiger partial charge in [0, 0.05) is 22.6 Å². The summed E-state index contributed by atoms with van der Waals surface area (Å²) in [6.45, 7) is 10.2. The summed E-state index contributed by atoms with van der Waals surface area (Å²) in [6, 6.07) is 20.8. The number of carbonyl (C=O) groups is 1. The van der Waals surface area contributed by atoms with E-state index in [0.29, 0.717) is 41.6 Å². The van der Waals surface area contributed by atoms with Crippen LogP contribution < -0.4 is 19.6 Å². The first-order chi connectivity index (χ1) is 19.9. The van der Waals surface area contributed by atoms with Crippen molar-refractivity contribution in [1.82, 2.24) is 9.99 Å². The predicted molar refractivity (Wildman–Crippen MR) is 156 cm³/mol. The average Bonchev–Trinajstić information content (AvgIpc) is 3.58. The summed E-state index contributed by atoms with van der Waals surface area (Å²) in [6.07, 6.45) is 3.73. The number of aryl methyl sites for hydroxylation is 2. The standard InChI is InChI=1S/C32H32N4O5/c1-5-7-25-18-24(19-30(38-6-2)31(25)39-17-16-33)20-34-35-32(37)29-15-14-28(41-29)21-40-27-12-10-26(11-13-27)36-22(3)8-9-23(36)4/h5,8-15,18-20H,1,6-7,17,21H2,2-4H3,(H,35,37)/b34-20+. The van der Waals surface area contributed by atoms with Crippen LogP contribution in [0.25, 0.3) is 5.69 Å². The summed E-state index contributed by atoms with van der Waals surface area (Å²) >= 11 is 0. The molecular formula is C32H32N4O5. The van der Waals surface area contributed by atoms with Crippen LogP contribution in [0.4, 0.5) is 0 Å². The number of furan rings is 1. The first-order valence-electron chi connectivity index (χ1n) is 13.1. The molecule has 0 spiro atoms. The highest BCUT2D eigenvalue weighted by molar-refractivity contribution is 5.92. The predicted octanol–water partition coefficient (Wildman–Crippen LogP) is 6.06. The minimum atomic E-state index is -0.500. The van der Waals surface area contributed by atoms with Crippen molar-refractivity contribution in [1.29, 1.82) is 5.26 Å². The normalized spacial score (nSPS) is 10.8. The van der Waals surface area contributed by atoms with E-state index >= 15 is 0 Å². The Balaban J connectivity index is 1.36. The number of rotatable bonds is 13. The van der Waals surface area contributed by atoms with Crippen molar-refractivity contribution in [3.8, 4) is 29.0 Å². The quantitative estimate of drug-likeness (QED) is 0.123. The smallest absolute Gasteiger partial charge is 0.307 e. The SMILES string of the molecule is C=CCc1cc(/C=N/NC(=O)c2ccc(COc3ccc(-n4c(C)ccc4C)cc3)o2)cc(OCC)c1OCC#N. The number of hydrazone groups is 1. The van der Waals surface area contributed by atoms with Gasteiger partial charge in [0.15, 0.2) is 23.9 Å². The van der Waals surface area contributed by atoms with Crippen molar-refractivity contribution < 1.29 is 23.4 Å². The second-order valence-corrected chi connectivity index (χ2v) is 9.08. The molecule has 2 aromatic heterocycles. The van der Waals surface area contributed by atoms with Gasteiger partial charge in [-0.2, -0.15) is 10.4 Å². The summed E-state index contributed by atoms with van der Waals surface area (Å²) in [4.78, 5) is 12.6. The van der Waals surface area contributed by atoms with Gasteiger partial charge in [0.05, 0.1) is 12.8 Å². The van der Waals surface area contributed by atoms with E-state index in [4.69, 9.17) is 23.9 Å². The monoisotopic (exact) mass is 552 g/mol. The Morgan fingerprint density at radius 1 is 1.07 bits per heavy atom. The van der Waals surface area contributed by atoms with E-state index in [-0.39, 0.29) is 19.0 Å². The van der Waals surface area contributed by atoms with E-state index in [2.05, 4.69) is 47.7 Å². The van der Waals surface area contributed by atoms with E-state index < -0.39 is 5.91 Å². The molecule has 210 valence electrons. The van der Waals surface area contributed by atoms with E-state index in [1.807, 2.05) is 43.3 Å². The molecule has 0 bridgehead atoms. The largest absolute Gasteiger partial charge is 0.490 e. The van der Waals surface area contributed by atoms with Crippen LogP contribution in [-0.4, -0.2) is 29.9 Å². The van der Waals surface area contributed by atoms with Gasteiger partial charge in [0.1, 0.15) is 24.2 Å². The lowest BCUT2D eigenvalue weighted by Crippen LogP contribution is -2.16. The highest BCUT2D eigenvalue weighted by Crippen LogP contribution is 2.33. The van der Waals surface area contributed by atoms with Crippen LogP contribution >= 0.6 is 0 Å². The first kappa shape index (κ1) is 28.8. The lowest BCUT2D eigenvalue weighted by molar-refractivity contribution is 0.0923. The fourth-order valence-electron chi connectivity index (χ4n) is 4.32. The maximum absolute atomic E-state index is 12.6. The van der Waals surface area contributed by atoms with Crippen molar-refractivity contribution in [3.05, 3.63) is 107 Å². The van der Waals surface area contributed by atoms with Gasteiger partial charge in [-0.1, -0.05) is 6.08 Å². The molecule has 0 aliphatic rings. The molecule has 9 heteroatoms. The number of nitrogens with zero attached hydrogens (tertiary/aromatic N) is 3. The Kier molecular flexibility index (Phi) is 9.62. The number of benzene rings is 2. The highest BCUT2D eigenvalue weighted by atomic mass is 16.5. The maximum Gasteiger partial charge on any atom is 0.307 e. The molecule has 0 atom stereocenters. The van der Waals surface area contributed by atoms with Crippen LogP contribution in [0.2, 0.25) is 0 Å². The minimum Gasteiger partial charge on any atom is -0.490 e. The first-order valence-corrected chi connectivity index (χ1v) is 13.1. The number of amides is 1. The van der Waals surface area contributed by atoms with E-state index in [1.54, 1.807) is 24.3 Å². The molecule has 41 heavy (non-hydrogen) atoms. The minimum absolute atomic E-state index is 0.107. The Morgan fingerprint density at radius 2 is 1.83 bits per heavy atom. The molecule has 9 nitrogen and oxygen atoms in total. The lowest BCUT2D eigenvalue weighted by atomic mass is 10.1. The van der Waals surface area contributed by atoms with Crippen molar-refractivity contribution >= 4 is 12.1 Å². The number of allylic oxidation sites excluding steroid dienone is 1. The number of nitriles is 1. The molecule has 1 N–H and O–H groups in total. The van der Waals surface area contributed by atoms with E-state index in [9.17, 15) is 4.79 Å². The third-order valence-electron chi connectivity index (χ3n) is 6.11. The number of ether oxygens (including phenoxy) is 3. The molecule has 0 radical (unpaired) electrons. The molecule has 4 rings (SSSR count). The Bertz CT molecular complexity index is 1560. The molecule has 0 unspecified atom stereocenters. The zero-order valence-electron chi connectivity index (χ0n) is 23.3. The molecule has 0 saturated carbocycles. The lowest BCUT2D eigenvalue weighted by Gasteiger charge is -2.15. The summed E-state index contributed by atoms with van der Waals surface area (Å²) in [7, 11) is 0. The van der Waals surface area contributed by atoms with Crippen LogP contribution in [-0.2, 0) is 13.0 Å². The topological polar surface area (TPSA) is 111 Å². The van der Waals surface area contributed by atoms with Crippen LogP contribution in [0.1, 0.15) is 45.8 Å². The summed E-state index contributed by atoms with van der Waals surface area (Å²) < 4.78 is 24.9. The zero-order chi connectivity index (χ0) is 29.2. The Labute approximate surface area is 239 Å². The van der Waals surface area contributed by atoms with Crippen molar-refractivity contribution in [2.24, 2.45) is 5.10 Å². The molecule has 4 aromatic rings. The number of aromatic nitrogens is 1. The fraction of sp³-hybridized carbons (Fsp3) is 0.219. The highest BCUT2D eigenvalue weighted by Gasteiger charge is 2.14. The van der Waals surface area contributed by atoms with Crippen LogP contribution in [0.5, 0.6) is 17.2 Å². The molecule has 0 saturated heterocycles. The van der Waals surface area contributed by atoms with Crippen molar-refractivity contribution in [3.63, 3.8) is 0 Å². The van der Waals surface area contributed by atoms with Gasteiger partial charge in [-0.05, 0) is 93.4 Å². The molecular weight excluding hydrogens is 520 g/mol. The van der Waals surface area contributed by atoms with Crippen LogP contribution in [0, 0.1) is 25.2 Å². The Hall–Kier alpha value is -5.23. The summed E-state index contributed by atoms with van der Waals surface area (Å²) in [5, 5.41) is 13.0. The van der Waals surface area contributed by atoms with Crippen LogP contribution in [0.3, 0.4) is 0 Å². The molecule has 1 amide bonds. The zero-order valence-corrected chi connectivity index (χ0v) is 23.3. The van der Waals surface area contributed by atoms with Gasteiger partial charge in [-0.3, -0.25) is 4.79 Å². The molecule has 0 aliphatic heterocycles. The number of hydrogen-bond acceptors (Lipinski definition) is 7. The van der Waals surface area contributed by atoms with Crippen molar-refractivity contribution in [2.75, 3.05) is 13.2 Å². The third kappa shape index (κ3) is 7.25. The van der Waals surface area contributed by atoms with E-state index in [0.717, 1.165) is 22.6 Å². The maximum atomic E-state index is 12.6. The van der Waals surface area contributed by atoms with Gasteiger partial charge >= 0.3 is 5.91 Å². The van der Waals surface area contributed by atoms with Gasteiger partial charge in [0.2, 0.25) is 0 Å². The average molecular weight is 553 g/mol. The third-order valence-corrected chi connectivity index (χ3v) is 6.11. The summed E-state index contributed by atoms with van der Waals surface area (Å²) in [5.41, 5.74) is 7.32. The molecule has 2 heterocycles. The van der Waals surface area contributed by atoms with Crippen molar-refractivity contribution in [2.45, 2.75) is 33.8 Å². The Morgan fingerprint density at radius 3 is 2.51 bits per heavy atom. The second-order valence-electron chi connectivity index (χ2n) is 9.08. The molecule has 0 fully saturated rings. The number of nitrogens with one attached hydrogen (secondary N) is 1. The number of carbonyl (C=O) groups excluding carboxylic acids is 1. The van der Waals surface area contributed by atoms with Gasteiger partial charge in [-0.15, -0.1) is 6.58 Å². The van der Waals surface area contributed by atoms with Gasteiger partial charge < -0.3 is 23.2 Å². The molecule has 0 aliphatic carbocycles. The van der Waals surface area contributed by atoms with E-state index in [1.165, 1.54) is 6.21 Å². The van der Waals surface area contributed by atoms with Gasteiger partial charge in [-0.25, -0.2) is 5.43 Å². The fourth-order valence-corrected chi connectivity index (χ4v) is 4.32. The van der Waals surface area contributed by atoms with Crippen LogP contribution in [0.15, 0.2) is 82.8 Å². The summed E-state index contributed by atoms with van der Waals surface area (Å²) in [5.74, 6) is 1.77. The number of hydrogen-bond donors (Lipinski definition) is 1.